The Hall–Kier alpha value is -3.59. The molecule has 0 bridgehead atoms. The van der Waals surface area contributed by atoms with Gasteiger partial charge in [-0.1, -0.05) is 29.8 Å². The standard InChI is InChI=1S/C26H29F7N2O6/c1-3-39-21(22(36)37)16-18-6-10-20(11-7-18)40-14-12-35(23(38)34-19-8-4-17(2)5-9-19)13-15-41-26(32,33)24(27,28)25(29,30)31/h4-11,21H,3,12-16H2,1-2H3,(H,34,38)(H,36,37). The fourth-order valence-electron chi connectivity index (χ4n) is 3.32. The van der Waals surface area contributed by atoms with E-state index in [1.807, 2.05) is 0 Å². The lowest BCUT2D eigenvalue weighted by molar-refractivity contribution is -0.423. The Labute approximate surface area is 231 Å². The van der Waals surface area contributed by atoms with Crippen molar-refractivity contribution in [1.29, 1.82) is 0 Å². The summed E-state index contributed by atoms with van der Waals surface area (Å²) in [5, 5.41) is 11.7. The van der Waals surface area contributed by atoms with Crippen LogP contribution in [0.25, 0.3) is 0 Å². The molecule has 0 aliphatic carbocycles. The highest BCUT2D eigenvalue weighted by atomic mass is 19.4. The van der Waals surface area contributed by atoms with E-state index in [9.17, 15) is 45.4 Å². The molecule has 41 heavy (non-hydrogen) atoms. The lowest BCUT2D eigenvalue weighted by atomic mass is 10.1. The number of aryl methyl sites for hydroxylation is 1. The topological polar surface area (TPSA) is 97.3 Å². The molecule has 2 amide bonds. The number of halogens is 7. The number of nitrogens with one attached hydrogen (secondary N) is 1. The van der Waals surface area contributed by atoms with Crippen LogP contribution in [0.4, 0.5) is 41.2 Å². The Morgan fingerprint density at radius 3 is 2.05 bits per heavy atom. The van der Waals surface area contributed by atoms with E-state index in [0.29, 0.717) is 17.0 Å². The van der Waals surface area contributed by atoms with Crippen molar-refractivity contribution in [3.63, 3.8) is 0 Å². The van der Waals surface area contributed by atoms with Crippen LogP contribution < -0.4 is 10.1 Å². The smallest absolute Gasteiger partial charge is 0.462 e. The van der Waals surface area contributed by atoms with Gasteiger partial charge in [0.15, 0.2) is 6.10 Å². The van der Waals surface area contributed by atoms with Crippen molar-refractivity contribution < 1.29 is 59.6 Å². The van der Waals surface area contributed by atoms with Crippen LogP contribution in [-0.4, -0.2) is 79.2 Å². The van der Waals surface area contributed by atoms with Crippen LogP contribution in [0.5, 0.6) is 5.75 Å². The van der Waals surface area contributed by atoms with Gasteiger partial charge in [0.1, 0.15) is 12.4 Å². The van der Waals surface area contributed by atoms with E-state index in [4.69, 9.17) is 9.47 Å². The average Bonchev–Trinajstić information content (AvgIpc) is 2.88. The van der Waals surface area contributed by atoms with Crippen molar-refractivity contribution in [3.8, 4) is 5.75 Å². The zero-order valence-electron chi connectivity index (χ0n) is 22.0. The van der Waals surface area contributed by atoms with Crippen LogP contribution in [0.3, 0.4) is 0 Å². The molecule has 1 atom stereocenters. The van der Waals surface area contributed by atoms with Crippen LogP contribution >= 0.6 is 0 Å². The minimum Gasteiger partial charge on any atom is -0.492 e. The number of amides is 2. The first-order valence-corrected chi connectivity index (χ1v) is 12.2. The van der Waals surface area contributed by atoms with E-state index in [-0.39, 0.29) is 26.2 Å². The zero-order chi connectivity index (χ0) is 30.8. The van der Waals surface area contributed by atoms with Gasteiger partial charge in [-0.25, -0.2) is 9.59 Å². The van der Waals surface area contributed by atoms with Gasteiger partial charge in [0.2, 0.25) is 0 Å². The first-order valence-electron chi connectivity index (χ1n) is 12.2. The number of carboxylic acid groups (broad SMARTS) is 1. The van der Waals surface area contributed by atoms with Gasteiger partial charge < -0.3 is 29.5 Å². The van der Waals surface area contributed by atoms with E-state index in [2.05, 4.69) is 10.1 Å². The van der Waals surface area contributed by atoms with Crippen LogP contribution in [-0.2, 0) is 20.7 Å². The van der Waals surface area contributed by atoms with Crippen LogP contribution in [0.2, 0.25) is 0 Å². The van der Waals surface area contributed by atoms with Crippen molar-refractivity contribution in [3.05, 3.63) is 59.7 Å². The number of carbonyl (C=O) groups excluding carboxylic acids is 1. The van der Waals surface area contributed by atoms with E-state index < -0.39 is 49.5 Å². The number of alkyl halides is 7. The first-order chi connectivity index (χ1) is 19.1. The van der Waals surface area contributed by atoms with E-state index in [1.165, 1.54) is 12.1 Å². The Morgan fingerprint density at radius 1 is 0.927 bits per heavy atom. The molecular weight excluding hydrogens is 569 g/mol. The molecule has 0 aromatic heterocycles. The lowest BCUT2D eigenvalue weighted by Crippen LogP contribution is -2.54. The summed E-state index contributed by atoms with van der Waals surface area (Å²) < 4.78 is 105. The Bertz CT molecular complexity index is 1130. The van der Waals surface area contributed by atoms with E-state index >= 15 is 0 Å². The van der Waals surface area contributed by atoms with Gasteiger partial charge in [-0.05, 0) is 43.7 Å². The van der Waals surface area contributed by atoms with Gasteiger partial charge in [-0.3, -0.25) is 0 Å². The second-order valence-corrected chi connectivity index (χ2v) is 8.70. The summed E-state index contributed by atoms with van der Waals surface area (Å²) in [6, 6.07) is 11.7. The number of hydrogen-bond donors (Lipinski definition) is 2. The molecule has 2 aromatic carbocycles. The molecule has 0 saturated heterocycles. The second-order valence-electron chi connectivity index (χ2n) is 8.70. The Morgan fingerprint density at radius 2 is 1.51 bits per heavy atom. The highest BCUT2D eigenvalue weighted by Gasteiger charge is 2.74. The third kappa shape index (κ3) is 9.78. The average molecular weight is 599 g/mol. The first kappa shape index (κ1) is 33.6. The van der Waals surface area contributed by atoms with Crippen molar-refractivity contribution in [2.24, 2.45) is 0 Å². The molecule has 2 rings (SSSR count). The summed E-state index contributed by atoms with van der Waals surface area (Å²) >= 11 is 0. The number of benzene rings is 2. The largest absolute Gasteiger partial charge is 0.492 e. The fraction of sp³-hybridized carbons (Fsp3) is 0.462. The summed E-state index contributed by atoms with van der Waals surface area (Å²) in [6.45, 7) is 1.00. The molecule has 2 aromatic rings. The maximum absolute atomic E-state index is 13.5. The maximum atomic E-state index is 13.5. The predicted molar refractivity (Wildman–Crippen MR) is 132 cm³/mol. The van der Waals surface area contributed by atoms with Gasteiger partial charge in [0.05, 0.1) is 13.2 Å². The molecule has 0 aliphatic rings. The molecule has 0 fully saturated rings. The number of rotatable bonds is 15. The molecule has 0 saturated carbocycles. The zero-order valence-corrected chi connectivity index (χ0v) is 22.0. The summed E-state index contributed by atoms with van der Waals surface area (Å²) in [7, 11) is 0. The summed E-state index contributed by atoms with van der Waals surface area (Å²) in [5.74, 6) is -7.28. The van der Waals surface area contributed by atoms with Crippen molar-refractivity contribution in [1.82, 2.24) is 4.90 Å². The van der Waals surface area contributed by atoms with E-state index in [1.54, 1.807) is 50.2 Å². The number of carbonyl (C=O) groups is 2. The number of anilines is 1. The Balaban J connectivity index is 2.04. The fourth-order valence-corrected chi connectivity index (χ4v) is 3.32. The summed E-state index contributed by atoms with van der Waals surface area (Å²) in [5.41, 5.74) is 1.81. The number of urea groups is 1. The minimum atomic E-state index is -6.56. The maximum Gasteiger partial charge on any atom is 0.462 e. The van der Waals surface area contributed by atoms with Gasteiger partial charge in [-0.2, -0.15) is 30.7 Å². The molecule has 228 valence electrons. The van der Waals surface area contributed by atoms with Crippen LogP contribution in [0.15, 0.2) is 48.5 Å². The highest BCUT2D eigenvalue weighted by Crippen LogP contribution is 2.46. The number of carboxylic acids is 1. The number of hydrogen-bond acceptors (Lipinski definition) is 5. The third-order valence-electron chi connectivity index (χ3n) is 5.57. The number of aliphatic carboxylic acids is 1. The second kappa shape index (κ2) is 14.3. The third-order valence-corrected chi connectivity index (χ3v) is 5.57. The predicted octanol–water partition coefficient (Wildman–Crippen LogP) is 5.75. The van der Waals surface area contributed by atoms with Crippen molar-refractivity contribution >= 4 is 17.7 Å². The van der Waals surface area contributed by atoms with Crippen LogP contribution in [0, 0.1) is 6.92 Å². The van der Waals surface area contributed by atoms with Crippen molar-refractivity contribution in [2.75, 3.05) is 38.2 Å². The highest BCUT2D eigenvalue weighted by molar-refractivity contribution is 5.89. The van der Waals surface area contributed by atoms with Gasteiger partial charge >= 0.3 is 30.2 Å². The molecular formula is C26H29F7N2O6. The molecule has 1 unspecified atom stereocenters. The molecule has 0 spiro atoms. The van der Waals surface area contributed by atoms with Crippen molar-refractivity contribution in [2.45, 2.75) is 44.6 Å². The van der Waals surface area contributed by atoms with Gasteiger partial charge in [0, 0.05) is 25.3 Å². The molecule has 0 heterocycles. The molecule has 0 aliphatic heterocycles. The number of ether oxygens (including phenoxy) is 3. The monoisotopic (exact) mass is 598 g/mol. The van der Waals surface area contributed by atoms with Crippen LogP contribution in [0.1, 0.15) is 18.1 Å². The van der Waals surface area contributed by atoms with Gasteiger partial charge in [-0.15, -0.1) is 0 Å². The minimum absolute atomic E-state index is 0.0917. The molecule has 15 heteroatoms. The van der Waals surface area contributed by atoms with E-state index in [0.717, 1.165) is 10.5 Å². The number of nitrogens with zero attached hydrogens (tertiary/aromatic N) is 1. The molecule has 2 N–H and O–H groups in total. The SMILES string of the molecule is CCOC(Cc1ccc(OCCN(CCOC(F)(F)C(F)(F)C(F)(F)F)C(=O)Nc2ccc(C)cc2)cc1)C(=O)O. The molecule has 0 radical (unpaired) electrons. The lowest BCUT2D eigenvalue weighted by Gasteiger charge is -2.29. The summed E-state index contributed by atoms with van der Waals surface area (Å²) in [6.07, 6.45) is -13.4. The summed E-state index contributed by atoms with van der Waals surface area (Å²) in [4.78, 5) is 24.8. The Kier molecular flexibility index (Phi) is 11.8. The molecule has 8 nitrogen and oxygen atoms in total. The van der Waals surface area contributed by atoms with Gasteiger partial charge in [0.25, 0.3) is 0 Å². The quantitative estimate of drug-likeness (QED) is 0.254. The normalized spacial score (nSPS) is 13.0.